The van der Waals surface area contributed by atoms with Crippen LogP contribution in [0.2, 0.25) is 0 Å². The van der Waals surface area contributed by atoms with Gasteiger partial charge in [0.1, 0.15) is 5.76 Å². The topological polar surface area (TPSA) is 92.6 Å². The molecule has 0 aromatic carbocycles. The Kier molecular flexibility index (Phi) is 6.94. The number of furan rings is 1. The summed E-state index contributed by atoms with van der Waals surface area (Å²) in [6, 6.07) is 3.85. The second-order valence-electron chi connectivity index (χ2n) is 6.66. The van der Waals surface area contributed by atoms with Crippen LogP contribution in [0.25, 0.3) is 0 Å². The molecule has 6 nitrogen and oxygen atoms in total. The molecule has 2 aliphatic carbocycles. The zero-order valence-electron chi connectivity index (χ0n) is 14.1. The van der Waals surface area contributed by atoms with Crippen LogP contribution in [0.1, 0.15) is 54.8 Å². The van der Waals surface area contributed by atoms with Crippen molar-refractivity contribution < 1.29 is 9.21 Å². The average Bonchev–Trinajstić information content (AvgIpc) is 3.19. The summed E-state index contributed by atoms with van der Waals surface area (Å²) < 4.78 is 5.37. The molecular weight excluding hydrogens is 419 g/mol. The van der Waals surface area contributed by atoms with E-state index in [9.17, 15) is 4.79 Å². The van der Waals surface area contributed by atoms with Crippen molar-refractivity contribution in [3.8, 4) is 0 Å². The number of hydrogen-bond acceptors (Lipinski definition) is 3. The molecule has 134 valence electrons. The molecule has 0 saturated heterocycles. The van der Waals surface area contributed by atoms with Crippen LogP contribution in [0.5, 0.6) is 0 Å². The standard InChI is InChI=1S/C17H26N4O2.HI/c1-19-17(20-10-14-7-8-15(23-14)16(18)22)21-13-6-5-11-3-2-4-12(11)9-13;/h7-8,11-13H,2-6,9-10H2,1H3,(H2,18,22)(H2,19,20,21);1H. The van der Waals surface area contributed by atoms with E-state index in [-0.39, 0.29) is 29.7 Å². The van der Waals surface area contributed by atoms with Gasteiger partial charge in [0.15, 0.2) is 11.7 Å². The lowest BCUT2D eigenvalue weighted by atomic mass is 9.79. The van der Waals surface area contributed by atoms with Crippen molar-refractivity contribution >= 4 is 35.8 Å². The number of amides is 1. The van der Waals surface area contributed by atoms with Crippen molar-refractivity contribution in [3.05, 3.63) is 23.7 Å². The molecule has 3 atom stereocenters. The number of carbonyl (C=O) groups excluding carboxylic acids is 1. The zero-order valence-corrected chi connectivity index (χ0v) is 16.4. The maximum Gasteiger partial charge on any atom is 0.284 e. The Bertz CT molecular complexity index is 587. The second kappa shape index (κ2) is 8.73. The van der Waals surface area contributed by atoms with Crippen LogP contribution >= 0.6 is 24.0 Å². The number of nitrogens with zero attached hydrogens (tertiary/aromatic N) is 1. The summed E-state index contributed by atoms with van der Waals surface area (Å²) in [5, 5.41) is 6.76. The third-order valence-electron chi connectivity index (χ3n) is 5.19. The van der Waals surface area contributed by atoms with Gasteiger partial charge in [-0.15, -0.1) is 24.0 Å². The number of guanidine groups is 1. The van der Waals surface area contributed by atoms with E-state index in [1.807, 2.05) is 0 Å². The average molecular weight is 446 g/mol. The minimum absolute atomic E-state index is 0. The Labute approximate surface area is 160 Å². The molecule has 7 heteroatoms. The van der Waals surface area contributed by atoms with Gasteiger partial charge < -0.3 is 20.8 Å². The Morgan fingerprint density at radius 3 is 2.79 bits per heavy atom. The minimum Gasteiger partial charge on any atom is -0.454 e. The quantitative estimate of drug-likeness (QED) is 0.377. The molecule has 1 aromatic heterocycles. The Morgan fingerprint density at radius 1 is 1.29 bits per heavy atom. The number of hydrogen-bond donors (Lipinski definition) is 3. The predicted molar refractivity (Wildman–Crippen MR) is 104 cm³/mol. The van der Waals surface area contributed by atoms with Gasteiger partial charge in [-0.05, 0) is 43.2 Å². The summed E-state index contributed by atoms with van der Waals surface area (Å²) in [7, 11) is 1.77. The lowest BCUT2D eigenvalue weighted by Crippen LogP contribution is -2.45. The molecule has 0 aliphatic heterocycles. The molecule has 1 aromatic rings. The molecule has 0 radical (unpaired) electrons. The molecule has 4 N–H and O–H groups in total. The van der Waals surface area contributed by atoms with Gasteiger partial charge >= 0.3 is 0 Å². The minimum atomic E-state index is -0.549. The number of primary amides is 1. The van der Waals surface area contributed by atoms with E-state index >= 15 is 0 Å². The van der Waals surface area contributed by atoms with Crippen LogP contribution in [0.4, 0.5) is 0 Å². The van der Waals surface area contributed by atoms with E-state index in [1.54, 1.807) is 19.2 Å². The number of nitrogens with one attached hydrogen (secondary N) is 2. The molecule has 3 rings (SSSR count). The molecule has 24 heavy (non-hydrogen) atoms. The fourth-order valence-electron chi connectivity index (χ4n) is 4.00. The first kappa shape index (κ1) is 19.1. The SMILES string of the molecule is CN=C(NCc1ccc(C(N)=O)o1)NC1CCC2CCCC2C1.I. The van der Waals surface area contributed by atoms with Crippen molar-refractivity contribution in [3.63, 3.8) is 0 Å². The highest BCUT2D eigenvalue weighted by atomic mass is 127. The predicted octanol–water partition coefficient (Wildman–Crippen LogP) is 2.63. The van der Waals surface area contributed by atoms with E-state index < -0.39 is 5.91 Å². The van der Waals surface area contributed by atoms with Crippen molar-refractivity contribution in [1.29, 1.82) is 0 Å². The number of fused-ring (bicyclic) bond motifs is 1. The molecule has 0 spiro atoms. The van der Waals surface area contributed by atoms with E-state index in [1.165, 1.54) is 38.5 Å². The van der Waals surface area contributed by atoms with E-state index in [0.717, 1.165) is 17.8 Å². The molecule has 2 aliphatic rings. The number of halogens is 1. The summed E-state index contributed by atoms with van der Waals surface area (Å²) in [6.45, 7) is 0.478. The first-order valence-corrected chi connectivity index (χ1v) is 8.51. The molecule has 2 fully saturated rings. The van der Waals surface area contributed by atoms with Gasteiger partial charge in [-0.1, -0.05) is 19.3 Å². The van der Waals surface area contributed by atoms with Crippen molar-refractivity contribution in [2.45, 2.75) is 51.1 Å². The summed E-state index contributed by atoms with van der Waals surface area (Å²) in [6.07, 6.45) is 8.00. The summed E-state index contributed by atoms with van der Waals surface area (Å²) in [5.74, 6) is 2.93. The second-order valence-corrected chi connectivity index (χ2v) is 6.66. The van der Waals surface area contributed by atoms with Crippen LogP contribution in [-0.2, 0) is 6.54 Å². The van der Waals surface area contributed by atoms with Crippen LogP contribution in [-0.4, -0.2) is 25.0 Å². The first-order valence-electron chi connectivity index (χ1n) is 8.51. The Balaban J connectivity index is 0.00000208. The summed E-state index contributed by atoms with van der Waals surface area (Å²) in [4.78, 5) is 15.3. The highest BCUT2D eigenvalue weighted by Gasteiger charge is 2.33. The Morgan fingerprint density at radius 2 is 2.08 bits per heavy atom. The zero-order chi connectivity index (χ0) is 16.2. The normalized spacial score (nSPS) is 26.4. The molecule has 0 bridgehead atoms. The maximum atomic E-state index is 11.0. The van der Waals surface area contributed by atoms with Gasteiger partial charge in [0.05, 0.1) is 6.54 Å². The molecule has 1 heterocycles. The highest BCUT2D eigenvalue weighted by Crippen LogP contribution is 2.41. The van der Waals surface area contributed by atoms with Gasteiger partial charge in [0.2, 0.25) is 0 Å². The van der Waals surface area contributed by atoms with Crippen molar-refractivity contribution in [1.82, 2.24) is 10.6 Å². The third-order valence-corrected chi connectivity index (χ3v) is 5.19. The fourth-order valence-corrected chi connectivity index (χ4v) is 4.00. The van der Waals surface area contributed by atoms with Gasteiger partial charge in [-0.2, -0.15) is 0 Å². The summed E-state index contributed by atoms with van der Waals surface area (Å²) >= 11 is 0. The fraction of sp³-hybridized carbons (Fsp3) is 0.647. The van der Waals surface area contributed by atoms with Crippen LogP contribution in [0.3, 0.4) is 0 Å². The highest BCUT2D eigenvalue weighted by molar-refractivity contribution is 14.0. The van der Waals surface area contributed by atoms with Crippen LogP contribution in [0.15, 0.2) is 21.5 Å². The van der Waals surface area contributed by atoms with E-state index in [2.05, 4.69) is 15.6 Å². The van der Waals surface area contributed by atoms with Crippen LogP contribution in [0, 0.1) is 11.8 Å². The lowest BCUT2D eigenvalue weighted by Gasteiger charge is -2.33. The lowest BCUT2D eigenvalue weighted by molar-refractivity contribution is 0.0972. The molecule has 3 unspecified atom stereocenters. The monoisotopic (exact) mass is 446 g/mol. The Hall–Kier alpha value is -1.25. The summed E-state index contributed by atoms with van der Waals surface area (Å²) in [5.41, 5.74) is 5.19. The number of aliphatic imine (C=N–C) groups is 1. The molecule has 1 amide bonds. The molecular formula is C17H27IN4O2. The van der Waals surface area contributed by atoms with Gasteiger partial charge in [0, 0.05) is 13.1 Å². The largest absolute Gasteiger partial charge is 0.454 e. The van der Waals surface area contributed by atoms with E-state index in [0.29, 0.717) is 18.3 Å². The first-order chi connectivity index (χ1) is 11.2. The number of rotatable bonds is 4. The van der Waals surface area contributed by atoms with Crippen molar-refractivity contribution in [2.24, 2.45) is 22.6 Å². The number of carbonyl (C=O) groups is 1. The van der Waals surface area contributed by atoms with Gasteiger partial charge in [-0.3, -0.25) is 9.79 Å². The third kappa shape index (κ3) is 4.64. The van der Waals surface area contributed by atoms with Crippen LogP contribution < -0.4 is 16.4 Å². The van der Waals surface area contributed by atoms with Crippen molar-refractivity contribution in [2.75, 3.05) is 7.05 Å². The molecule has 2 saturated carbocycles. The maximum absolute atomic E-state index is 11.0. The van der Waals surface area contributed by atoms with Gasteiger partial charge in [0.25, 0.3) is 5.91 Å². The van der Waals surface area contributed by atoms with Gasteiger partial charge in [-0.25, -0.2) is 0 Å². The van der Waals surface area contributed by atoms with E-state index in [4.69, 9.17) is 10.2 Å². The number of nitrogens with two attached hydrogens (primary N) is 1. The smallest absolute Gasteiger partial charge is 0.284 e.